The Morgan fingerprint density at radius 1 is 0.851 bits per heavy atom. The molecule has 0 aromatic heterocycles. The van der Waals surface area contributed by atoms with E-state index in [-0.39, 0.29) is 54.0 Å². The van der Waals surface area contributed by atoms with Crippen LogP contribution in [0, 0.1) is 46.3 Å². The van der Waals surface area contributed by atoms with E-state index in [0.29, 0.717) is 49.7 Å². The first-order chi connectivity index (χ1) is 32.1. The maximum atomic E-state index is 14.8. The minimum Gasteiger partial charge on any atom is -0.481 e. The molecule has 6 aliphatic rings. The van der Waals surface area contributed by atoms with Crippen LogP contribution in [0.4, 0.5) is 0 Å². The van der Waals surface area contributed by atoms with Crippen molar-refractivity contribution in [2.45, 2.75) is 179 Å². The Bertz CT molecular complexity index is 1920. The van der Waals surface area contributed by atoms with Crippen LogP contribution in [-0.2, 0) is 44.7 Å². The second kappa shape index (κ2) is 22.0. The number of hydrogen-bond donors (Lipinski definition) is 7. The molecule has 6 fully saturated rings. The zero-order chi connectivity index (χ0) is 47.9. The van der Waals surface area contributed by atoms with E-state index in [1.807, 2.05) is 37.4 Å². The number of carbonyl (C=O) groups excluding carboxylic acids is 4. The van der Waals surface area contributed by atoms with E-state index in [4.69, 9.17) is 25.7 Å². The smallest absolute Gasteiger partial charge is 0.305 e. The molecule has 16 nitrogen and oxygen atoms in total. The number of nitrogens with zero attached hydrogens (tertiary/aromatic N) is 1. The van der Waals surface area contributed by atoms with Crippen molar-refractivity contribution in [2.24, 2.45) is 62.8 Å². The maximum Gasteiger partial charge on any atom is 0.305 e. The van der Waals surface area contributed by atoms with Crippen LogP contribution < -0.4 is 32.7 Å². The van der Waals surface area contributed by atoms with Gasteiger partial charge in [0, 0.05) is 38.1 Å². The van der Waals surface area contributed by atoms with Gasteiger partial charge in [-0.15, -0.1) is 0 Å². The standard InChI is InChI=1S/C51H79N7O9/c1-31(44(61)57-40(29-42(59)60)45(62)55-30-32-13-7-5-8-14-32)43(33-15-9-6-10-16-33)58-46(63)39(17-11-25-54-48(52)53)56-47(64)41-28-38-36-19-18-34-27-35(65-4)20-23-49(34,2)37(36)21-24-50(38,3)51(67-41)22-12-26-66-51/h5,7-8,13-14,31,33-41,43H,6,9-12,15-30H2,1-4H3,(H,55,62)(H,56,64)(H,57,61)(H,58,63)(H,59,60)(H4,52,53,54)/t31-,34-,35-,36-,37-,38-,39-,40-,41+,43+,49-,50-,51+/m0/s1. The Morgan fingerprint density at radius 2 is 1.61 bits per heavy atom. The van der Waals surface area contributed by atoms with E-state index < -0.39 is 66.0 Å². The summed E-state index contributed by atoms with van der Waals surface area (Å²) in [5, 5.41) is 21.5. The van der Waals surface area contributed by atoms with Gasteiger partial charge in [0.1, 0.15) is 18.2 Å². The van der Waals surface area contributed by atoms with Gasteiger partial charge in [-0.1, -0.05) is 70.4 Å². The predicted octanol–water partition coefficient (Wildman–Crippen LogP) is 5.06. The van der Waals surface area contributed by atoms with E-state index in [2.05, 4.69) is 40.1 Å². The minimum atomic E-state index is -1.34. The number of benzene rings is 1. The fraction of sp³-hybridized carbons (Fsp3) is 0.765. The van der Waals surface area contributed by atoms with Crippen LogP contribution in [0.1, 0.15) is 142 Å². The Morgan fingerprint density at radius 3 is 2.30 bits per heavy atom. The van der Waals surface area contributed by atoms with Gasteiger partial charge in [-0.25, -0.2) is 0 Å². The van der Waals surface area contributed by atoms with Gasteiger partial charge >= 0.3 is 5.97 Å². The molecule has 67 heavy (non-hydrogen) atoms. The Hall–Kier alpha value is -4.28. The third kappa shape index (κ3) is 11.3. The summed E-state index contributed by atoms with van der Waals surface area (Å²) in [6.07, 6.45) is 13.7. The van der Waals surface area contributed by atoms with Crippen molar-refractivity contribution in [1.82, 2.24) is 21.3 Å². The number of carboxylic acid groups (broad SMARTS) is 1. The van der Waals surface area contributed by atoms with Crippen molar-refractivity contribution in [3.8, 4) is 0 Å². The van der Waals surface area contributed by atoms with Crippen molar-refractivity contribution in [1.29, 1.82) is 0 Å². The van der Waals surface area contributed by atoms with Gasteiger partial charge in [0.15, 0.2) is 11.7 Å². The molecule has 0 unspecified atom stereocenters. The Balaban J connectivity index is 1.09. The fourth-order valence-electron chi connectivity index (χ4n) is 13.8. The van der Waals surface area contributed by atoms with Crippen LogP contribution >= 0.6 is 0 Å². The summed E-state index contributed by atoms with van der Waals surface area (Å²) < 4.78 is 19.5. The largest absolute Gasteiger partial charge is 0.481 e. The molecular formula is C51H79N7O9. The number of aliphatic imine (C=N–C) groups is 1. The molecule has 2 saturated heterocycles. The predicted molar refractivity (Wildman–Crippen MR) is 253 cm³/mol. The van der Waals surface area contributed by atoms with Crippen LogP contribution in [0.2, 0.25) is 0 Å². The molecule has 1 spiro atoms. The molecule has 372 valence electrons. The highest BCUT2D eigenvalue weighted by Gasteiger charge is 2.67. The van der Waals surface area contributed by atoms with Crippen molar-refractivity contribution in [3.63, 3.8) is 0 Å². The first-order valence-electron chi connectivity index (χ1n) is 25.4. The summed E-state index contributed by atoms with van der Waals surface area (Å²) in [5.41, 5.74) is 12.1. The number of nitrogens with one attached hydrogen (secondary N) is 4. The molecule has 1 aromatic carbocycles. The molecule has 0 bridgehead atoms. The molecule has 13 atom stereocenters. The SMILES string of the molecule is CO[C@H]1CC[C@@]2(C)[C@@H](CC[C@H]3[C@@H]2CC[C@@]2(C)[C@H]3C[C@H](C(=O)N[C@@H](CCCN=C(N)N)C(=O)N[C@@H](C3CCCCC3)[C@H](C)C(=O)N[C@@H](CC(=O)O)C(=O)NCc3ccccc3)O[C@]23CCCO3)C1. The topological polar surface area (TPSA) is 246 Å². The van der Waals surface area contributed by atoms with Gasteiger partial charge < -0.3 is 52.1 Å². The number of rotatable bonds is 18. The lowest BCUT2D eigenvalue weighted by Gasteiger charge is -2.66. The van der Waals surface area contributed by atoms with E-state index in [9.17, 15) is 29.1 Å². The number of guanidine groups is 1. The molecule has 4 aliphatic carbocycles. The van der Waals surface area contributed by atoms with Gasteiger partial charge in [-0.05, 0) is 124 Å². The molecule has 4 saturated carbocycles. The molecule has 9 N–H and O–H groups in total. The van der Waals surface area contributed by atoms with Crippen molar-refractivity contribution in [2.75, 3.05) is 20.3 Å². The first kappa shape index (κ1) is 50.6. The van der Waals surface area contributed by atoms with E-state index in [1.165, 1.54) is 0 Å². The number of nitrogens with two attached hydrogens (primary N) is 2. The van der Waals surface area contributed by atoms with E-state index in [0.717, 1.165) is 89.0 Å². The lowest BCUT2D eigenvalue weighted by Crippen LogP contribution is -2.66. The van der Waals surface area contributed by atoms with Crippen molar-refractivity contribution >= 4 is 35.6 Å². The second-order valence-corrected chi connectivity index (χ2v) is 21.4. The molecule has 0 radical (unpaired) electrons. The first-order valence-corrected chi connectivity index (χ1v) is 25.4. The monoisotopic (exact) mass is 934 g/mol. The second-order valence-electron chi connectivity index (χ2n) is 21.4. The third-order valence-corrected chi connectivity index (χ3v) is 17.6. The van der Waals surface area contributed by atoms with Crippen LogP contribution in [0.3, 0.4) is 0 Å². The van der Waals surface area contributed by atoms with Crippen LogP contribution in [0.25, 0.3) is 0 Å². The average Bonchev–Trinajstić information content (AvgIpc) is 3.80. The molecule has 2 aliphatic heterocycles. The zero-order valence-corrected chi connectivity index (χ0v) is 40.4. The summed E-state index contributed by atoms with van der Waals surface area (Å²) >= 11 is 0. The van der Waals surface area contributed by atoms with Gasteiger partial charge in [-0.2, -0.15) is 0 Å². The Labute approximate surface area is 397 Å². The highest BCUT2D eigenvalue weighted by Crippen LogP contribution is 2.68. The van der Waals surface area contributed by atoms with Gasteiger partial charge in [-0.3, -0.25) is 29.0 Å². The lowest BCUT2D eigenvalue weighted by molar-refractivity contribution is -0.348. The van der Waals surface area contributed by atoms with Crippen molar-refractivity contribution in [3.05, 3.63) is 35.9 Å². The summed E-state index contributed by atoms with van der Waals surface area (Å²) in [4.78, 5) is 73.1. The number of aliphatic carboxylic acids is 1. The number of carbonyl (C=O) groups is 5. The van der Waals surface area contributed by atoms with Gasteiger partial charge in [0.05, 0.1) is 25.0 Å². The molecule has 4 amide bonds. The van der Waals surface area contributed by atoms with Crippen LogP contribution in [0.15, 0.2) is 35.3 Å². The number of fused-ring (bicyclic) bond motifs is 6. The quantitative estimate of drug-likeness (QED) is 0.0583. The number of carboxylic acids is 1. The third-order valence-electron chi connectivity index (χ3n) is 17.6. The number of methoxy groups -OCH3 is 1. The van der Waals surface area contributed by atoms with Crippen LogP contribution in [-0.4, -0.2) is 97.0 Å². The normalized spacial score (nSPS) is 33.3. The number of hydrogen-bond acceptors (Lipinski definition) is 9. The number of amides is 4. The maximum absolute atomic E-state index is 14.8. The summed E-state index contributed by atoms with van der Waals surface area (Å²) in [5.74, 6) is -3.33. The molecular weight excluding hydrogens is 855 g/mol. The fourth-order valence-corrected chi connectivity index (χ4v) is 13.8. The lowest BCUT2D eigenvalue weighted by atomic mass is 9.42. The average molecular weight is 934 g/mol. The van der Waals surface area contributed by atoms with E-state index in [1.54, 1.807) is 6.92 Å². The summed E-state index contributed by atoms with van der Waals surface area (Å²) in [6.45, 7) is 7.53. The molecule has 7 rings (SSSR count). The van der Waals surface area contributed by atoms with Crippen molar-refractivity contribution < 1.29 is 43.3 Å². The summed E-state index contributed by atoms with van der Waals surface area (Å²) in [6, 6.07) is 6.19. The molecule has 16 heteroatoms. The zero-order valence-electron chi connectivity index (χ0n) is 40.4. The van der Waals surface area contributed by atoms with Gasteiger partial charge in [0.25, 0.3) is 0 Å². The van der Waals surface area contributed by atoms with Crippen LogP contribution in [0.5, 0.6) is 0 Å². The van der Waals surface area contributed by atoms with Gasteiger partial charge in [0.2, 0.25) is 23.6 Å². The highest BCUT2D eigenvalue weighted by atomic mass is 16.7. The number of ether oxygens (including phenoxy) is 3. The molecule has 2 heterocycles. The molecule has 1 aromatic rings. The minimum absolute atomic E-state index is 0.0688. The summed E-state index contributed by atoms with van der Waals surface area (Å²) in [7, 11) is 1.84. The highest BCUT2D eigenvalue weighted by molar-refractivity contribution is 5.92. The Kier molecular flexibility index (Phi) is 16.6. The van der Waals surface area contributed by atoms with E-state index >= 15 is 0 Å².